The lowest BCUT2D eigenvalue weighted by Crippen LogP contribution is -2.02. The summed E-state index contributed by atoms with van der Waals surface area (Å²) >= 11 is 0. The van der Waals surface area contributed by atoms with Gasteiger partial charge in [0, 0.05) is 10.7 Å². The second-order valence-corrected chi connectivity index (χ2v) is 6.53. The van der Waals surface area contributed by atoms with Gasteiger partial charge >= 0.3 is 0 Å². The first-order valence-corrected chi connectivity index (χ1v) is 7.63. The maximum absolute atomic E-state index is 11.3. The Hall–Kier alpha value is -1.60. The van der Waals surface area contributed by atoms with E-state index in [2.05, 4.69) is 14.7 Å². The second kappa shape index (κ2) is 5.18. The van der Waals surface area contributed by atoms with Crippen molar-refractivity contribution in [1.29, 1.82) is 0 Å². The number of rotatable bonds is 4. The molecule has 0 atom stereocenters. The predicted octanol–water partition coefficient (Wildman–Crippen LogP) is 2.19. The lowest BCUT2D eigenvalue weighted by atomic mass is 10.1. The molecular formula is C11H11ClN2O4S. The molecule has 0 amide bonds. The minimum atomic E-state index is -3.75. The van der Waals surface area contributed by atoms with Crippen LogP contribution in [0.5, 0.6) is 5.75 Å². The Morgan fingerprint density at radius 2 is 1.95 bits per heavy atom. The first-order chi connectivity index (χ1) is 8.88. The zero-order valence-electron chi connectivity index (χ0n) is 10.3. The summed E-state index contributed by atoms with van der Waals surface area (Å²) in [4.78, 5) is 3.88. The van der Waals surface area contributed by atoms with Crippen molar-refractivity contribution in [2.45, 2.75) is 25.3 Å². The molecule has 0 spiro atoms. The summed E-state index contributed by atoms with van der Waals surface area (Å²) in [6, 6.07) is 2.92. The third kappa shape index (κ3) is 3.24. The molecule has 1 aromatic carbocycles. The molecule has 0 unspecified atom stereocenters. The van der Waals surface area contributed by atoms with Crippen molar-refractivity contribution in [3.63, 3.8) is 0 Å². The summed E-state index contributed by atoms with van der Waals surface area (Å²) in [6.07, 6.45) is 1.21. The minimum absolute atomic E-state index is 0.0519. The highest BCUT2D eigenvalue weighted by molar-refractivity contribution is 8.13. The normalized spacial score (nSPS) is 11.5. The molecule has 2 rings (SSSR count). The van der Waals surface area contributed by atoms with E-state index in [1.54, 1.807) is 13.8 Å². The third-order valence-electron chi connectivity index (χ3n) is 2.47. The number of aryl methyl sites for hydroxylation is 2. The van der Waals surface area contributed by atoms with Crippen LogP contribution in [0.4, 0.5) is 0 Å². The van der Waals surface area contributed by atoms with E-state index in [1.165, 1.54) is 18.5 Å². The van der Waals surface area contributed by atoms with Gasteiger partial charge in [0.25, 0.3) is 9.05 Å². The fourth-order valence-corrected chi connectivity index (χ4v) is 2.57. The van der Waals surface area contributed by atoms with Gasteiger partial charge in [-0.25, -0.2) is 8.42 Å². The maximum atomic E-state index is 11.3. The summed E-state index contributed by atoms with van der Waals surface area (Å²) in [6.45, 7) is 3.62. The second-order valence-electron chi connectivity index (χ2n) is 3.96. The van der Waals surface area contributed by atoms with Crippen LogP contribution >= 0.6 is 10.7 Å². The molecule has 19 heavy (non-hydrogen) atoms. The Kier molecular flexibility index (Phi) is 3.77. The quantitative estimate of drug-likeness (QED) is 0.805. The molecule has 0 N–H and O–H groups in total. The molecule has 1 aromatic heterocycles. The molecular weight excluding hydrogens is 292 g/mol. The van der Waals surface area contributed by atoms with Crippen LogP contribution in [0.1, 0.15) is 17.0 Å². The largest absolute Gasteiger partial charge is 0.485 e. The summed E-state index contributed by atoms with van der Waals surface area (Å²) < 4.78 is 32.7. The molecule has 0 aliphatic rings. The van der Waals surface area contributed by atoms with Gasteiger partial charge in [0.15, 0.2) is 6.61 Å². The summed E-state index contributed by atoms with van der Waals surface area (Å²) in [7, 11) is 1.57. The van der Waals surface area contributed by atoms with Crippen molar-refractivity contribution < 1.29 is 17.7 Å². The molecule has 102 valence electrons. The number of ether oxygens (including phenoxy) is 1. The SMILES string of the molecule is Cc1cc(S(=O)(=O)Cl)cc(C)c1OCc1ncon1. The summed E-state index contributed by atoms with van der Waals surface area (Å²) in [5.74, 6) is 0.988. The summed E-state index contributed by atoms with van der Waals surface area (Å²) in [5.41, 5.74) is 1.34. The molecule has 0 aliphatic carbocycles. The zero-order chi connectivity index (χ0) is 14.0. The van der Waals surface area contributed by atoms with Crippen molar-refractivity contribution in [2.75, 3.05) is 0 Å². The molecule has 0 saturated carbocycles. The smallest absolute Gasteiger partial charge is 0.261 e. The topological polar surface area (TPSA) is 82.3 Å². The van der Waals surface area contributed by atoms with Crippen molar-refractivity contribution in [2.24, 2.45) is 0 Å². The van der Waals surface area contributed by atoms with Crippen molar-refractivity contribution in [3.05, 3.63) is 35.5 Å². The molecule has 2 aromatic rings. The fraction of sp³-hybridized carbons (Fsp3) is 0.273. The first-order valence-electron chi connectivity index (χ1n) is 5.32. The van der Waals surface area contributed by atoms with Crippen LogP contribution in [0.3, 0.4) is 0 Å². The van der Waals surface area contributed by atoms with E-state index >= 15 is 0 Å². The van der Waals surface area contributed by atoms with Gasteiger partial charge in [0.1, 0.15) is 5.75 Å². The lowest BCUT2D eigenvalue weighted by molar-refractivity contribution is 0.283. The van der Waals surface area contributed by atoms with Crippen LogP contribution in [0.25, 0.3) is 0 Å². The highest BCUT2D eigenvalue weighted by Crippen LogP contribution is 2.28. The van der Waals surface area contributed by atoms with Crippen molar-refractivity contribution in [3.8, 4) is 5.75 Å². The van der Waals surface area contributed by atoms with Gasteiger partial charge < -0.3 is 9.26 Å². The Balaban J connectivity index is 2.27. The molecule has 0 radical (unpaired) electrons. The van der Waals surface area contributed by atoms with Crippen LogP contribution in [-0.4, -0.2) is 18.6 Å². The van der Waals surface area contributed by atoms with Crippen molar-refractivity contribution >= 4 is 19.7 Å². The van der Waals surface area contributed by atoms with E-state index < -0.39 is 9.05 Å². The average molecular weight is 303 g/mol. The van der Waals surface area contributed by atoms with E-state index in [-0.39, 0.29) is 11.5 Å². The monoisotopic (exact) mass is 302 g/mol. The lowest BCUT2D eigenvalue weighted by Gasteiger charge is -2.11. The molecule has 8 heteroatoms. The molecule has 0 aliphatic heterocycles. The number of hydrogen-bond donors (Lipinski definition) is 0. The van der Waals surface area contributed by atoms with Gasteiger partial charge in [0.05, 0.1) is 4.90 Å². The molecule has 6 nitrogen and oxygen atoms in total. The molecule has 0 fully saturated rings. The fourth-order valence-electron chi connectivity index (χ4n) is 1.67. The predicted molar refractivity (Wildman–Crippen MR) is 67.6 cm³/mol. The first kappa shape index (κ1) is 13.8. The highest BCUT2D eigenvalue weighted by Gasteiger charge is 2.15. The van der Waals surface area contributed by atoms with Gasteiger partial charge in [0.2, 0.25) is 12.2 Å². The van der Waals surface area contributed by atoms with Crippen LogP contribution in [0.15, 0.2) is 27.9 Å². The van der Waals surface area contributed by atoms with E-state index in [1.807, 2.05) is 0 Å². The molecule has 0 saturated heterocycles. The van der Waals surface area contributed by atoms with Gasteiger partial charge in [-0.2, -0.15) is 4.98 Å². The Morgan fingerprint density at radius 3 is 2.42 bits per heavy atom. The van der Waals surface area contributed by atoms with Crippen LogP contribution in [0.2, 0.25) is 0 Å². The molecule has 0 bridgehead atoms. The Morgan fingerprint density at radius 1 is 1.32 bits per heavy atom. The van der Waals surface area contributed by atoms with Crippen molar-refractivity contribution in [1.82, 2.24) is 10.1 Å². The molecule has 1 heterocycles. The zero-order valence-corrected chi connectivity index (χ0v) is 11.8. The van der Waals surface area contributed by atoms with Crippen LogP contribution in [0, 0.1) is 13.8 Å². The number of halogens is 1. The van der Waals surface area contributed by atoms with E-state index in [4.69, 9.17) is 15.4 Å². The number of hydrogen-bond acceptors (Lipinski definition) is 6. The van der Waals surface area contributed by atoms with E-state index in [0.29, 0.717) is 22.7 Å². The van der Waals surface area contributed by atoms with E-state index in [9.17, 15) is 8.42 Å². The average Bonchev–Trinajstić information content (AvgIpc) is 2.79. The maximum Gasteiger partial charge on any atom is 0.261 e. The Bertz CT molecular complexity index is 660. The Labute approximate surface area is 114 Å². The third-order valence-corrected chi connectivity index (χ3v) is 3.80. The highest BCUT2D eigenvalue weighted by atomic mass is 35.7. The van der Waals surface area contributed by atoms with Gasteiger partial charge in [-0.05, 0) is 37.1 Å². The van der Waals surface area contributed by atoms with E-state index in [0.717, 1.165) is 0 Å². The standard InChI is InChI=1S/C11H11ClN2O4S/c1-7-3-9(19(12,15)16)4-8(2)11(7)17-5-10-13-6-18-14-10/h3-4,6H,5H2,1-2H3. The number of nitrogens with zero attached hydrogens (tertiary/aromatic N) is 2. The van der Waals surface area contributed by atoms with Gasteiger partial charge in [-0.3, -0.25) is 0 Å². The van der Waals surface area contributed by atoms with Gasteiger partial charge in [-0.1, -0.05) is 5.16 Å². The van der Waals surface area contributed by atoms with Crippen LogP contribution in [-0.2, 0) is 15.7 Å². The van der Waals surface area contributed by atoms with Gasteiger partial charge in [-0.15, -0.1) is 0 Å². The number of aromatic nitrogens is 2. The van der Waals surface area contributed by atoms with Crippen LogP contribution < -0.4 is 4.74 Å². The number of benzene rings is 1. The minimum Gasteiger partial charge on any atom is -0.485 e. The summed E-state index contributed by atoms with van der Waals surface area (Å²) in [5, 5.41) is 3.62.